The van der Waals surface area contributed by atoms with Crippen molar-refractivity contribution < 1.29 is 4.79 Å². The highest BCUT2D eigenvalue weighted by molar-refractivity contribution is 5.84. The number of amides is 1. The first kappa shape index (κ1) is 14.3. The molecule has 1 heterocycles. The number of aromatic amines is 1. The molecule has 0 radical (unpaired) electrons. The largest absolute Gasteiger partial charge is 0.352 e. The van der Waals surface area contributed by atoms with Crippen molar-refractivity contribution in [3.05, 3.63) is 17.0 Å². The van der Waals surface area contributed by atoms with Gasteiger partial charge in [-0.25, -0.2) is 0 Å². The number of hydrogen-bond donors (Lipinski definition) is 2. The normalized spacial score (nSPS) is 37.3. The molecule has 1 aromatic heterocycles. The third-order valence-electron chi connectivity index (χ3n) is 6.55. The Hall–Kier alpha value is -1.32. The summed E-state index contributed by atoms with van der Waals surface area (Å²) in [7, 11) is 0. The number of aryl methyl sites for hydroxylation is 2. The van der Waals surface area contributed by atoms with Gasteiger partial charge < -0.3 is 5.32 Å². The van der Waals surface area contributed by atoms with Crippen LogP contribution in [0.5, 0.6) is 0 Å². The molecule has 1 amide bonds. The Kier molecular flexibility index (Phi) is 3.31. The Morgan fingerprint density at radius 1 is 1.14 bits per heavy atom. The SMILES string of the molecule is Cc1n[nH]c(C)c1C(C)C(=O)NC1C2CC3CC(C2)CC1C3. The number of rotatable bonds is 3. The van der Waals surface area contributed by atoms with E-state index in [0.717, 1.165) is 40.6 Å². The molecular formula is C18H27N3O. The van der Waals surface area contributed by atoms with E-state index in [1.807, 2.05) is 20.8 Å². The van der Waals surface area contributed by atoms with Gasteiger partial charge in [0.05, 0.1) is 11.6 Å². The lowest BCUT2D eigenvalue weighted by Crippen LogP contribution is -2.56. The van der Waals surface area contributed by atoms with Crippen LogP contribution in [0.2, 0.25) is 0 Å². The van der Waals surface area contributed by atoms with E-state index in [1.54, 1.807) is 0 Å². The molecule has 4 bridgehead atoms. The molecule has 4 fully saturated rings. The number of nitrogens with one attached hydrogen (secondary N) is 2. The zero-order chi connectivity index (χ0) is 15.4. The summed E-state index contributed by atoms with van der Waals surface area (Å²) >= 11 is 0. The van der Waals surface area contributed by atoms with Crippen LogP contribution in [0.1, 0.15) is 61.9 Å². The van der Waals surface area contributed by atoms with E-state index in [1.165, 1.54) is 32.1 Å². The third kappa shape index (κ3) is 2.19. The van der Waals surface area contributed by atoms with E-state index in [-0.39, 0.29) is 11.8 Å². The van der Waals surface area contributed by atoms with Gasteiger partial charge in [0.1, 0.15) is 0 Å². The second-order valence-electron chi connectivity index (χ2n) is 8.03. The summed E-state index contributed by atoms with van der Waals surface area (Å²) in [6, 6.07) is 0.426. The van der Waals surface area contributed by atoms with Crippen LogP contribution in [-0.2, 0) is 4.79 Å². The summed E-state index contributed by atoms with van der Waals surface area (Å²) in [6.07, 6.45) is 6.83. The highest BCUT2D eigenvalue weighted by atomic mass is 16.1. The van der Waals surface area contributed by atoms with Gasteiger partial charge in [-0.05, 0) is 76.5 Å². The van der Waals surface area contributed by atoms with E-state index in [4.69, 9.17) is 0 Å². The average Bonchev–Trinajstić information content (AvgIpc) is 2.80. The van der Waals surface area contributed by atoms with Crippen molar-refractivity contribution in [1.29, 1.82) is 0 Å². The van der Waals surface area contributed by atoms with Gasteiger partial charge in [0.25, 0.3) is 0 Å². The summed E-state index contributed by atoms with van der Waals surface area (Å²) in [5.41, 5.74) is 3.04. The fraction of sp³-hybridized carbons (Fsp3) is 0.778. The molecule has 4 nitrogen and oxygen atoms in total. The van der Waals surface area contributed by atoms with Gasteiger partial charge in [0, 0.05) is 17.3 Å². The van der Waals surface area contributed by atoms with E-state index in [0.29, 0.717) is 6.04 Å². The lowest BCUT2D eigenvalue weighted by Gasteiger charge is -2.54. The number of aromatic nitrogens is 2. The van der Waals surface area contributed by atoms with Crippen molar-refractivity contribution in [3.8, 4) is 0 Å². The van der Waals surface area contributed by atoms with Crippen LogP contribution < -0.4 is 5.32 Å². The Morgan fingerprint density at radius 2 is 1.73 bits per heavy atom. The Labute approximate surface area is 132 Å². The van der Waals surface area contributed by atoms with Gasteiger partial charge in [-0.15, -0.1) is 0 Å². The van der Waals surface area contributed by atoms with Crippen molar-refractivity contribution in [3.63, 3.8) is 0 Å². The van der Waals surface area contributed by atoms with Crippen molar-refractivity contribution >= 4 is 5.91 Å². The number of nitrogens with zero attached hydrogens (tertiary/aromatic N) is 1. The maximum atomic E-state index is 12.8. The molecule has 0 aromatic carbocycles. The van der Waals surface area contributed by atoms with E-state index < -0.39 is 0 Å². The molecule has 1 aromatic rings. The standard InChI is InChI=1S/C18H27N3O/c1-9(16-10(2)20-21-11(16)3)18(22)19-17-14-5-12-4-13(7-14)8-15(17)6-12/h9,12-15,17H,4-8H2,1-3H3,(H,19,22)(H,20,21). The Balaban J connectivity index is 1.48. The van der Waals surface area contributed by atoms with Crippen LogP contribution in [0.15, 0.2) is 0 Å². The van der Waals surface area contributed by atoms with Gasteiger partial charge in [0.2, 0.25) is 5.91 Å². The number of hydrogen-bond acceptors (Lipinski definition) is 2. The summed E-state index contributed by atoms with van der Waals surface area (Å²) in [4.78, 5) is 12.8. The van der Waals surface area contributed by atoms with Gasteiger partial charge in [-0.3, -0.25) is 9.89 Å². The minimum atomic E-state index is -0.115. The van der Waals surface area contributed by atoms with Gasteiger partial charge in [0.15, 0.2) is 0 Å². The average molecular weight is 301 g/mol. The van der Waals surface area contributed by atoms with Gasteiger partial charge in [-0.1, -0.05) is 0 Å². The third-order valence-corrected chi connectivity index (χ3v) is 6.55. The monoisotopic (exact) mass is 301 g/mol. The van der Waals surface area contributed by atoms with Crippen LogP contribution in [0.3, 0.4) is 0 Å². The highest BCUT2D eigenvalue weighted by Crippen LogP contribution is 2.53. The van der Waals surface area contributed by atoms with E-state index in [2.05, 4.69) is 15.5 Å². The molecule has 4 heteroatoms. The van der Waals surface area contributed by atoms with Crippen LogP contribution in [-0.4, -0.2) is 22.1 Å². The molecule has 2 N–H and O–H groups in total. The van der Waals surface area contributed by atoms with Gasteiger partial charge >= 0.3 is 0 Å². The lowest BCUT2D eigenvalue weighted by atomic mass is 9.54. The minimum absolute atomic E-state index is 0.115. The number of H-pyrrole nitrogens is 1. The van der Waals surface area contributed by atoms with Crippen molar-refractivity contribution in [2.24, 2.45) is 23.7 Å². The molecule has 0 saturated heterocycles. The molecule has 0 spiro atoms. The minimum Gasteiger partial charge on any atom is -0.352 e. The lowest BCUT2D eigenvalue weighted by molar-refractivity contribution is -0.126. The second-order valence-corrected chi connectivity index (χ2v) is 8.03. The quantitative estimate of drug-likeness (QED) is 0.901. The summed E-state index contributed by atoms with van der Waals surface area (Å²) in [6.45, 7) is 5.99. The number of carbonyl (C=O) groups is 1. The Bertz CT molecular complexity index is 544. The molecule has 0 aliphatic heterocycles. The molecule has 5 rings (SSSR count). The maximum Gasteiger partial charge on any atom is 0.227 e. The molecule has 22 heavy (non-hydrogen) atoms. The molecule has 1 atom stereocenters. The highest BCUT2D eigenvalue weighted by Gasteiger charge is 2.48. The molecule has 4 aliphatic carbocycles. The molecule has 120 valence electrons. The van der Waals surface area contributed by atoms with Crippen molar-refractivity contribution in [2.75, 3.05) is 0 Å². The molecule has 4 saturated carbocycles. The molecular weight excluding hydrogens is 274 g/mol. The topological polar surface area (TPSA) is 57.8 Å². The van der Waals surface area contributed by atoms with Crippen LogP contribution in [0, 0.1) is 37.5 Å². The zero-order valence-electron chi connectivity index (χ0n) is 13.9. The van der Waals surface area contributed by atoms with Crippen LogP contribution >= 0.6 is 0 Å². The maximum absolute atomic E-state index is 12.8. The first-order valence-corrected chi connectivity index (χ1v) is 8.84. The molecule has 4 aliphatic rings. The summed E-state index contributed by atoms with van der Waals surface area (Å²) in [5, 5.41) is 10.7. The second kappa shape index (κ2) is 5.10. The number of carbonyl (C=O) groups excluding carboxylic acids is 1. The van der Waals surface area contributed by atoms with Crippen molar-refractivity contribution in [1.82, 2.24) is 15.5 Å². The fourth-order valence-corrected chi connectivity index (χ4v) is 5.78. The summed E-state index contributed by atoms with van der Waals surface area (Å²) in [5.74, 6) is 3.44. The van der Waals surface area contributed by atoms with E-state index >= 15 is 0 Å². The first-order valence-electron chi connectivity index (χ1n) is 8.84. The predicted octanol–water partition coefficient (Wildman–Crippen LogP) is 3.07. The van der Waals surface area contributed by atoms with Crippen LogP contribution in [0.4, 0.5) is 0 Å². The molecule has 1 unspecified atom stereocenters. The fourth-order valence-electron chi connectivity index (χ4n) is 5.78. The first-order chi connectivity index (χ1) is 10.5. The van der Waals surface area contributed by atoms with Gasteiger partial charge in [-0.2, -0.15) is 5.10 Å². The van der Waals surface area contributed by atoms with E-state index in [9.17, 15) is 4.79 Å². The van der Waals surface area contributed by atoms with Crippen LogP contribution in [0.25, 0.3) is 0 Å². The summed E-state index contributed by atoms with van der Waals surface area (Å²) < 4.78 is 0. The Morgan fingerprint density at radius 3 is 2.23 bits per heavy atom. The predicted molar refractivity (Wildman–Crippen MR) is 85.5 cm³/mol. The van der Waals surface area contributed by atoms with Crippen molar-refractivity contribution in [2.45, 2.75) is 64.8 Å². The zero-order valence-corrected chi connectivity index (χ0v) is 13.9. The smallest absolute Gasteiger partial charge is 0.227 e.